The van der Waals surface area contributed by atoms with Crippen molar-refractivity contribution in [3.63, 3.8) is 0 Å². The molecule has 3 nitrogen and oxygen atoms in total. The number of hydrogen-bond acceptors (Lipinski definition) is 3. The van der Waals surface area contributed by atoms with E-state index in [0.717, 1.165) is 18.4 Å². The molecule has 1 heterocycles. The van der Waals surface area contributed by atoms with Crippen LogP contribution in [0.5, 0.6) is 0 Å². The summed E-state index contributed by atoms with van der Waals surface area (Å²) in [6.45, 7) is 5.89. The van der Waals surface area contributed by atoms with E-state index in [9.17, 15) is 8.42 Å². The molecular formula is C14H18O3S. The number of ether oxygens (including phenoxy) is 1. The Bertz CT molecular complexity index is 519. The molecule has 1 aromatic rings. The fraction of sp³-hybridized carbons (Fsp3) is 0.429. The molecule has 0 N–H and O–H groups in total. The maximum absolute atomic E-state index is 12.2. The number of hydrogen-bond donors (Lipinski definition) is 0. The van der Waals surface area contributed by atoms with E-state index in [0.29, 0.717) is 4.90 Å². The van der Waals surface area contributed by atoms with E-state index in [1.807, 2.05) is 6.92 Å². The lowest BCUT2D eigenvalue weighted by molar-refractivity contribution is 0.00377. The van der Waals surface area contributed by atoms with E-state index in [1.165, 1.54) is 0 Å². The summed E-state index contributed by atoms with van der Waals surface area (Å²) >= 11 is 0. The maximum atomic E-state index is 12.2. The van der Waals surface area contributed by atoms with Gasteiger partial charge in [0.1, 0.15) is 0 Å². The van der Waals surface area contributed by atoms with Gasteiger partial charge in [-0.25, -0.2) is 8.42 Å². The molecule has 4 heteroatoms. The topological polar surface area (TPSA) is 43.4 Å². The Labute approximate surface area is 108 Å². The summed E-state index contributed by atoms with van der Waals surface area (Å²) in [6.07, 6.45) is 1.49. The molecule has 1 saturated heterocycles. The molecule has 2 atom stereocenters. The summed E-state index contributed by atoms with van der Waals surface area (Å²) in [5, 5.41) is 0. The minimum Gasteiger partial charge on any atom is -0.370 e. The lowest BCUT2D eigenvalue weighted by Crippen LogP contribution is -2.33. The van der Waals surface area contributed by atoms with Gasteiger partial charge in [-0.3, -0.25) is 0 Å². The molecular weight excluding hydrogens is 248 g/mol. The van der Waals surface area contributed by atoms with E-state index in [1.54, 1.807) is 30.3 Å². The average molecular weight is 266 g/mol. The molecule has 2 rings (SSSR count). The van der Waals surface area contributed by atoms with Gasteiger partial charge in [-0.05, 0) is 37.5 Å². The molecule has 98 valence electrons. The van der Waals surface area contributed by atoms with Crippen molar-refractivity contribution in [3.05, 3.63) is 42.5 Å². The largest absolute Gasteiger partial charge is 0.370 e. The molecule has 1 aromatic carbocycles. The first-order valence-corrected chi connectivity index (χ1v) is 7.75. The van der Waals surface area contributed by atoms with Crippen LogP contribution in [-0.2, 0) is 14.6 Å². The van der Waals surface area contributed by atoms with Crippen molar-refractivity contribution in [3.8, 4) is 0 Å². The van der Waals surface area contributed by atoms with Crippen molar-refractivity contribution in [1.82, 2.24) is 0 Å². The van der Waals surface area contributed by atoms with E-state index in [4.69, 9.17) is 4.74 Å². The van der Waals surface area contributed by atoms with Crippen molar-refractivity contribution >= 4 is 9.84 Å². The van der Waals surface area contributed by atoms with Crippen LogP contribution in [0.4, 0.5) is 0 Å². The first-order chi connectivity index (χ1) is 8.49. The second kappa shape index (κ2) is 5.24. The number of benzene rings is 1. The molecule has 0 saturated carbocycles. The van der Waals surface area contributed by atoms with Gasteiger partial charge in [0.25, 0.3) is 0 Å². The van der Waals surface area contributed by atoms with Crippen LogP contribution in [0.25, 0.3) is 0 Å². The fourth-order valence-electron chi connectivity index (χ4n) is 2.07. The lowest BCUT2D eigenvalue weighted by Gasteiger charge is -2.29. The molecule has 0 bridgehead atoms. The molecule has 1 aliphatic heterocycles. The van der Waals surface area contributed by atoms with Gasteiger partial charge in [-0.2, -0.15) is 0 Å². The van der Waals surface area contributed by atoms with Gasteiger partial charge < -0.3 is 4.74 Å². The summed E-state index contributed by atoms with van der Waals surface area (Å²) in [7, 11) is -3.30. The molecule has 0 amide bonds. The third-order valence-corrected chi connectivity index (χ3v) is 4.93. The third-order valence-electron chi connectivity index (χ3n) is 3.20. The number of sulfone groups is 1. The van der Waals surface area contributed by atoms with Crippen molar-refractivity contribution in [2.75, 3.05) is 5.75 Å². The molecule has 0 spiro atoms. The second-order valence-corrected chi connectivity index (χ2v) is 6.76. The van der Waals surface area contributed by atoms with E-state index in [-0.39, 0.29) is 18.0 Å². The smallest absolute Gasteiger partial charge is 0.181 e. The summed E-state index contributed by atoms with van der Waals surface area (Å²) in [5.41, 5.74) is 0.882. The van der Waals surface area contributed by atoms with Crippen LogP contribution in [0.2, 0.25) is 0 Å². The van der Waals surface area contributed by atoms with Crippen molar-refractivity contribution in [2.45, 2.75) is 36.9 Å². The second-order valence-electron chi connectivity index (χ2n) is 4.73. The van der Waals surface area contributed by atoms with Gasteiger partial charge in [-0.15, -0.1) is 0 Å². The highest BCUT2D eigenvalue weighted by atomic mass is 32.2. The Morgan fingerprint density at radius 1 is 1.33 bits per heavy atom. The highest BCUT2D eigenvalue weighted by Crippen LogP contribution is 2.25. The predicted molar refractivity (Wildman–Crippen MR) is 71.2 cm³/mol. The van der Waals surface area contributed by atoms with Gasteiger partial charge >= 0.3 is 0 Å². The van der Waals surface area contributed by atoms with Crippen LogP contribution < -0.4 is 0 Å². The number of rotatable bonds is 3. The van der Waals surface area contributed by atoms with Crippen LogP contribution >= 0.6 is 0 Å². The summed E-state index contributed by atoms with van der Waals surface area (Å²) < 4.78 is 30.1. The van der Waals surface area contributed by atoms with E-state index in [2.05, 4.69) is 6.58 Å². The summed E-state index contributed by atoms with van der Waals surface area (Å²) in [6, 6.07) is 8.49. The highest BCUT2D eigenvalue weighted by molar-refractivity contribution is 7.91. The van der Waals surface area contributed by atoms with Crippen LogP contribution in [0.1, 0.15) is 19.8 Å². The Morgan fingerprint density at radius 3 is 2.67 bits per heavy atom. The highest BCUT2D eigenvalue weighted by Gasteiger charge is 2.28. The standard InChI is InChI=1S/C14H18O3S/c1-11-8-9-12(2)17-14(11)10-18(15,16)13-6-4-3-5-7-13/h3-7,12,14H,1,8-10H2,2H3/t12-,14-/m1/s1. The zero-order valence-electron chi connectivity index (χ0n) is 10.5. The van der Waals surface area contributed by atoms with Crippen LogP contribution in [0, 0.1) is 0 Å². The fourth-order valence-corrected chi connectivity index (χ4v) is 3.55. The van der Waals surface area contributed by atoms with Gasteiger partial charge in [0.05, 0.1) is 22.9 Å². The minimum absolute atomic E-state index is 0.0137. The molecule has 0 aromatic heterocycles. The summed E-state index contributed by atoms with van der Waals surface area (Å²) in [4.78, 5) is 0.347. The first-order valence-electron chi connectivity index (χ1n) is 6.10. The monoisotopic (exact) mass is 266 g/mol. The summed E-state index contributed by atoms with van der Waals surface area (Å²) in [5.74, 6) is -0.0137. The van der Waals surface area contributed by atoms with Gasteiger partial charge in [0.2, 0.25) is 0 Å². The Morgan fingerprint density at radius 2 is 2.00 bits per heavy atom. The Hall–Kier alpha value is -1.13. The zero-order valence-corrected chi connectivity index (χ0v) is 11.3. The van der Waals surface area contributed by atoms with Crippen LogP contribution in [0.3, 0.4) is 0 Å². The molecule has 0 radical (unpaired) electrons. The molecule has 0 aliphatic carbocycles. The van der Waals surface area contributed by atoms with E-state index >= 15 is 0 Å². The predicted octanol–water partition coefficient (Wildman–Crippen LogP) is 2.58. The van der Waals surface area contributed by atoms with Gasteiger partial charge in [0.15, 0.2) is 9.84 Å². The quantitative estimate of drug-likeness (QED) is 0.790. The molecule has 1 fully saturated rings. The van der Waals surface area contributed by atoms with Crippen molar-refractivity contribution < 1.29 is 13.2 Å². The molecule has 0 unspecified atom stereocenters. The van der Waals surface area contributed by atoms with Crippen LogP contribution in [0.15, 0.2) is 47.4 Å². The SMILES string of the molecule is C=C1CC[C@@H](C)O[C@@H]1CS(=O)(=O)c1ccccc1. The first kappa shape index (κ1) is 13.3. The molecule has 18 heavy (non-hydrogen) atoms. The van der Waals surface area contributed by atoms with Crippen molar-refractivity contribution in [1.29, 1.82) is 0 Å². The van der Waals surface area contributed by atoms with Crippen molar-refractivity contribution in [2.24, 2.45) is 0 Å². The molecule has 1 aliphatic rings. The normalized spacial score (nSPS) is 25.1. The third kappa shape index (κ3) is 3.00. The average Bonchev–Trinajstić information content (AvgIpc) is 2.35. The lowest BCUT2D eigenvalue weighted by atomic mass is 10.0. The maximum Gasteiger partial charge on any atom is 0.181 e. The zero-order chi connectivity index (χ0) is 13.2. The Balaban J connectivity index is 2.15. The van der Waals surface area contributed by atoms with Gasteiger partial charge in [-0.1, -0.05) is 24.8 Å². The minimum atomic E-state index is -3.30. The van der Waals surface area contributed by atoms with E-state index < -0.39 is 9.84 Å². The van der Waals surface area contributed by atoms with Crippen LogP contribution in [-0.4, -0.2) is 26.4 Å². The van der Waals surface area contributed by atoms with Gasteiger partial charge in [0, 0.05) is 0 Å². The Kier molecular flexibility index (Phi) is 3.88.